The highest BCUT2D eigenvalue weighted by atomic mass is 32.2. The van der Waals surface area contributed by atoms with Gasteiger partial charge in [-0.15, -0.1) is 10.2 Å². The summed E-state index contributed by atoms with van der Waals surface area (Å²) in [4.78, 5) is 23.8. The van der Waals surface area contributed by atoms with Gasteiger partial charge in [0.15, 0.2) is 10.1 Å². The highest BCUT2D eigenvalue weighted by Gasteiger charge is 2.09. The van der Waals surface area contributed by atoms with Crippen molar-refractivity contribution in [1.82, 2.24) is 10.2 Å². The molecule has 1 aromatic carbocycles. The van der Waals surface area contributed by atoms with Crippen LogP contribution in [-0.2, 0) is 4.79 Å². The van der Waals surface area contributed by atoms with Gasteiger partial charge in [0.05, 0.1) is 5.75 Å². The number of hydrogen-bond acceptors (Lipinski definition) is 6. The van der Waals surface area contributed by atoms with Crippen molar-refractivity contribution in [3.8, 4) is 0 Å². The Morgan fingerprint density at radius 2 is 2.00 bits per heavy atom. The maximum absolute atomic E-state index is 12.1. The first-order chi connectivity index (χ1) is 11.2. The lowest BCUT2D eigenvalue weighted by atomic mass is 10.1. The van der Waals surface area contributed by atoms with Crippen LogP contribution in [0.3, 0.4) is 0 Å². The van der Waals surface area contributed by atoms with Crippen LogP contribution >= 0.6 is 23.1 Å². The molecular weight excluding hydrogens is 330 g/mol. The molecule has 1 heterocycles. The summed E-state index contributed by atoms with van der Waals surface area (Å²) in [6, 6.07) is 7.01. The van der Waals surface area contributed by atoms with Crippen molar-refractivity contribution in [2.75, 3.05) is 11.1 Å². The zero-order valence-electron chi connectivity index (χ0n) is 12.9. The number of hydrogen-bond donors (Lipinski definition) is 1. The zero-order valence-corrected chi connectivity index (χ0v) is 14.6. The molecule has 0 aliphatic rings. The predicted octanol–water partition coefficient (Wildman–Crippen LogP) is 4.03. The Labute approximate surface area is 143 Å². The van der Waals surface area contributed by atoms with Gasteiger partial charge < -0.3 is 5.32 Å². The molecule has 2 aromatic rings. The maximum atomic E-state index is 12.1. The number of unbranched alkanes of at least 4 members (excludes halogenated alkanes) is 2. The fourth-order valence-electron chi connectivity index (χ4n) is 1.93. The van der Waals surface area contributed by atoms with Gasteiger partial charge in [-0.25, -0.2) is 0 Å². The first-order valence-electron chi connectivity index (χ1n) is 7.51. The molecule has 23 heavy (non-hydrogen) atoms. The zero-order chi connectivity index (χ0) is 16.5. The molecule has 0 aliphatic carbocycles. The minimum atomic E-state index is 0.0179. The van der Waals surface area contributed by atoms with Gasteiger partial charge in [0.1, 0.15) is 5.51 Å². The molecule has 0 saturated carbocycles. The summed E-state index contributed by atoms with van der Waals surface area (Å²) in [6.07, 6.45) is 3.60. The van der Waals surface area contributed by atoms with Crippen LogP contribution in [-0.4, -0.2) is 27.6 Å². The van der Waals surface area contributed by atoms with Crippen LogP contribution in [0, 0.1) is 0 Å². The largest absolute Gasteiger partial charge is 0.326 e. The molecule has 0 spiro atoms. The number of carbonyl (C=O) groups excluding carboxylic acids is 2. The summed E-state index contributed by atoms with van der Waals surface area (Å²) < 4.78 is 0.786. The number of nitrogens with zero attached hydrogens (tertiary/aromatic N) is 2. The summed E-state index contributed by atoms with van der Waals surface area (Å²) in [7, 11) is 0. The van der Waals surface area contributed by atoms with E-state index in [1.807, 2.05) is 0 Å². The number of anilines is 1. The van der Waals surface area contributed by atoms with Gasteiger partial charge >= 0.3 is 0 Å². The number of thioether (sulfide) groups is 1. The molecule has 0 saturated heterocycles. The van der Waals surface area contributed by atoms with Gasteiger partial charge in [-0.3, -0.25) is 9.59 Å². The van der Waals surface area contributed by atoms with Gasteiger partial charge in [0, 0.05) is 17.7 Å². The standard InChI is InChI=1S/C16H19N3O2S2/c1-2-3-4-5-15(21)18-13-8-6-12(7-9-13)14(20)10-22-16-19-17-11-23-16/h6-9,11H,2-5,10H2,1H3,(H,18,21). The smallest absolute Gasteiger partial charge is 0.224 e. The summed E-state index contributed by atoms with van der Waals surface area (Å²) in [5, 5.41) is 10.5. The third-order valence-corrected chi connectivity index (χ3v) is 5.03. The van der Waals surface area contributed by atoms with E-state index in [4.69, 9.17) is 0 Å². The van der Waals surface area contributed by atoms with Gasteiger partial charge in [-0.05, 0) is 30.7 Å². The average Bonchev–Trinajstić information content (AvgIpc) is 3.07. The van der Waals surface area contributed by atoms with Gasteiger partial charge in [0.25, 0.3) is 0 Å². The molecule has 0 atom stereocenters. The Morgan fingerprint density at radius 3 is 2.65 bits per heavy atom. The van der Waals surface area contributed by atoms with Crippen LogP contribution in [0.15, 0.2) is 34.1 Å². The van der Waals surface area contributed by atoms with Crippen LogP contribution in [0.4, 0.5) is 5.69 Å². The van der Waals surface area contributed by atoms with E-state index >= 15 is 0 Å². The number of rotatable bonds is 9. The molecular formula is C16H19N3O2S2. The van der Waals surface area contributed by atoms with Crippen molar-refractivity contribution in [3.05, 3.63) is 35.3 Å². The minimum absolute atomic E-state index is 0.0179. The Bertz CT molecular complexity index is 627. The first-order valence-corrected chi connectivity index (χ1v) is 9.37. The van der Waals surface area contributed by atoms with Crippen LogP contribution < -0.4 is 5.32 Å². The maximum Gasteiger partial charge on any atom is 0.224 e. The lowest BCUT2D eigenvalue weighted by molar-refractivity contribution is -0.116. The molecule has 7 heteroatoms. The molecule has 0 radical (unpaired) electrons. The normalized spacial score (nSPS) is 10.5. The lowest BCUT2D eigenvalue weighted by Gasteiger charge is -2.06. The number of carbonyl (C=O) groups is 2. The van der Waals surface area contributed by atoms with E-state index in [1.165, 1.54) is 23.1 Å². The summed E-state index contributed by atoms with van der Waals surface area (Å²) in [6.45, 7) is 2.11. The van der Waals surface area contributed by atoms with Crippen LogP contribution in [0.5, 0.6) is 0 Å². The predicted molar refractivity (Wildman–Crippen MR) is 94.2 cm³/mol. The average molecular weight is 349 g/mol. The molecule has 5 nitrogen and oxygen atoms in total. The number of Topliss-reactive ketones (excluding diaryl/α,β-unsaturated/α-hetero) is 1. The van der Waals surface area contributed by atoms with E-state index in [0.29, 0.717) is 17.7 Å². The Kier molecular flexibility index (Phi) is 7.22. The monoisotopic (exact) mass is 349 g/mol. The number of benzene rings is 1. The lowest BCUT2D eigenvalue weighted by Crippen LogP contribution is -2.11. The van der Waals surface area contributed by atoms with E-state index in [9.17, 15) is 9.59 Å². The Hall–Kier alpha value is -1.73. The molecule has 1 N–H and O–H groups in total. The SMILES string of the molecule is CCCCCC(=O)Nc1ccc(C(=O)CSc2nncs2)cc1. The topological polar surface area (TPSA) is 72.0 Å². The van der Waals surface area contributed by atoms with E-state index in [1.54, 1.807) is 29.8 Å². The van der Waals surface area contributed by atoms with E-state index in [0.717, 1.165) is 29.3 Å². The van der Waals surface area contributed by atoms with Crippen molar-refractivity contribution in [2.24, 2.45) is 0 Å². The Balaban J connectivity index is 1.81. The third kappa shape index (κ3) is 6.11. The first kappa shape index (κ1) is 17.6. The van der Waals surface area contributed by atoms with Crippen molar-refractivity contribution in [3.63, 3.8) is 0 Å². The van der Waals surface area contributed by atoms with Crippen LogP contribution in [0.1, 0.15) is 43.0 Å². The molecule has 0 bridgehead atoms. The third-order valence-electron chi connectivity index (χ3n) is 3.16. The molecule has 0 fully saturated rings. The molecule has 0 unspecified atom stereocenters. The van der Waals surface area contributed by atoms with Crippen molar-refractivity contribution < 1.29 is 9.59 Å². The summed E-state index contributed by atoms with van der Waals surface area (Å²) in [5.74, 6) is 0.383. The van der Waals surface area contributed by atoms with Gasteiger partial charge in [0.2, 0.25) is 5.91 Å². The van der Waals surface area contributed by atoms with E-state index in [-0.39, 0.29) is 11.7 Å². The number of ketones is 1. The molecule has 2 rings (SSSR count). The summed E-state index contributed by atoms with van der Waals surface area (Å²) in [5.41, 5.74) is 3.00. The Morgan fingerprint density at radius 1 is 1.22 bits per heavy atom. The van der Waals surface area contributed by atoms with E-state index < -0.39 is 0 Å². The van der Waals surface area contributed by atoms with E-state index in [2.05, 4.69) is 22.4 Å². The molecule has 122 valence electrons. The highest BCUT2D eigenvalue weighted by Crippen LogP contribution is 2.20. The second kappa shape index (κ2) is 9.42. The molecule has 1 aromatic heterocycles. The second-order valence-corrected chi connectivity index (χ2v) is 7.05. The second-order valence-electron chi connectivity index (χ2n) is 5.00. The number of nitrogens with one attached hydrogen (secondary N) is 1. The number of amides is 1. The van der Waals surface area contributed by atoms with Crippen molar-refractivity contribution >= 4 is 40.5 Å². The van der Waals surface area contributed by atoms with Crippen molar-refractivity contribution in [1.29, 1.82) is 0 Å². The van der Waals surface area contributed by atoms with Crippen LogP contribution in [0.25, 0.3) is 0 Å². The quantitative estimate of drug-likeness (QED) is 0.420. The highest BCUT2D eigenvalue weighted by molar-refractivity contribution is 8.01. The fourth-order valence-corrected chi connectivity index (χ4v) is 3.32. The van der Waals surface area contributed by atoms with Gasteiger partial charge in [-0.2, -0.15) is 0 Å². The fraction of sp³-hybridized carbons (Fsp3) is 0.375. The minimum Gasteiger partial charge on any atom is -0.326 e. The molecule has 1 amide bonds. The van der Waals surface area contributed by atoms with Crippen molar-refractivity contribution in [2.45, 2.75) is 36.9 Å². The summed E-state index contributed by atoms with van der Waals surface area (Å²) >= 11 is 2.80. The molecule has 0 aliphatic heterocycles. The number of aromatic nitrogens is 2. The van der Waals surface area contributed by atoms with Crippen LogP contribution in [0.2, 0.25) is 0 Å². The van der Waals surface area contributed by atoms with Gasteiger partial charge in [-0.1, -0.05) is 42.9 Å².